The van der Waals surface area contributed by atoms with Crippen LogP contribution in [-0.2, 0) is 0 Å². The van der Waals surface area contributed by atoms with E-state index in [1.54, 1.807) is 0 Å². The average Bonchev–Trinajstić information content (AvgIpc) is 2.55. The summed E-state index contributed by atoms with van der Waals surface area (Å²) in [5.74, 6) is 0. The number of aryl methyl sites for hydroxylation is 2. The molecule has 0 saturated carbocycles. The lowest BCUT2D eigenvalue weighted by Crippen LogP contribution is -1.84. The van der Waals surface area contributed by atoms with E-state index in [1.807, 2.05) is 0 Å². The van der Waals surface area contributed by atoms with Crippen molar-refractivity contribution in [2.75, 3.05) is 0 Å². The molecule has 0 aliphatic rings. The Balaban J connectivity index is 1.90. The summed E-state index contributed by atoms with van der Waals surface area (Å²) in [7, 11) is 0. The average molecular weight is 284 g/mol. The van der Waals surface area contributed by atoms with Crippen molar-refractivity contribution >= 4 is 22.4 Å². The van der Waals surface area contributed by atoms with Crippen molar-refractivity contribution in [1.82, 2.24) is 0 Å². The molecular weight excluding hydrogens is 264 g/mol. The second kappa shape index (κ2) is 6.03. The SMILES string of the molecule is C=C(/C=C\c1ccc2ccccc2c1C)c1ccc(C)cc1. The molecule has 22 heavy (non-hydrogen) atoms. The summed E-state index contributed by atoms with van der Waals surface area (Å²) in [5.41, 5.74) is 6.02. The smallest absolute Gasteiger partial charge is 0.0149 e. The van der Waals surface area contributed by atoms with Crippen LogP contribution in [0.15, 0.2) is 73.3 Å². The molecule has 0 radical (unpaired) electrons. The topological polar surface area (TPSA) is 0 Å². The molecule has 0 aliphatic carbocycles. The van der Waals surface area contributed by atoms with Gasteiger partial charge in [0.2, 0.25) is 0 Å². The highest BCUT2D eigenvalue weighted by molar-refractivity contribution is 5.89. The Morgan fingerprint density at radius 3 is 2.36 bits per heavy atom. The van der Waals surface area contributed by atoms with Gasteiger partial charge in [-0.2, -0.15) is 0 Å². The van der Waals surface area contributed by atoms with Crippen LogP contribution in [0.4, 0.5) is 0 Å². The van der Waals surface area contributed by atoms with Gasteiger partial charge in [-0.1, -0.05) is 85.0 Å². The summed E-state index contributed by atoms with van der Waals surface area (Å²) >= 11 is 0. The fourth-order valence-electron chi connectivity index (χ4n) is 2.68. The zero-order chi connectivity index (χ0) is 15.5. The molecule has 0 nitrogen and oxygen atoms in total. The molecule has 0 aromatic heterocycles. The maximum absolute atomic E-state index is 4.17. The van der Waals surface area contributed by atoms with Crippen LogP contribution in [0.3, 0.4) is 0 Å². The van der Waals surface area contributed by atoms with Gasteiger partial charge in [-0.25, -0.2) is 0 Å². The molecule has 0 amide bonds. The van der Waals surface area contributed by atoms with Gasteiger partial charge < -0.3 is 0 Å². The monoisotopic (exact) mass is 284 g/mol. The third kappa shape index (κ3) is 2.87. The molecule has 0 fully saturated rings. The Bertz CT molecular complexity index is 849. The zero-order valence-electron chi connectivity index (χ0n) is 13.1. The fraction of sp³-hybridized carbons (Fsp3) is 0.0909. The number of rotatable bonds is 3. The molecule has 0 N–H and O–H groups in total. The number of fused-ring (bicyclic) bond motifs is 1. The predicted octanol–water partition coefficient (Wildman–Crippen LogP) is 6.18. The van der Waals surface area contributed by atoms with Crippen LogP contribution in [0.1, 0.15) is 22.3 Å². The van der Waals surface area contributed by atoms with Crippen molar-refractivity contribution in [3.8, 4) is 0 Å². The molecular formula is C22H20. The van der Waals surface area contributed by atoms with Gasteiger partial charge in [-0.3, -0.25) is 0 Å². The van der Waals surface area contributed by atoms with E-state index in [0.717, 1.165) is 5.57 Å². The van der Waals surface area contributed by atoms with Gasteiger partial charge >= 0.3 is 0 Å². The maximum Gasteiger partial charge on any atom is -0.0149 e. The Hall–Kier alpha value is -2.60. The second-order valence-corrected chi connectivity index (χ2v) is 5.73. The molecule has 0 heteroatoms. The van der Waals surface area contributed by atoms with E-state index >= 15 is 0 Å². The lowest BCUT2D eigenvalue weighted by atomic mass is 9.98. The first-order valence-electron chi connectivity index (χ1n) is 7.57. The molecule has 0 heterocycles. The van der Waals surface area contributed by atoms with Crippen LogP contribution in [0.25, 0.3) is 22.4 Å². The minimum absolute atomic E-state index is 1.03. The normalized spacial score (nSPS) is 11.2. The summed E-state index contributed by atoms with van der Waals surface area (Å²) in [6.45, 7) is 8.45. The van der Waals surface area contributed by atoms with Gasteiger partial charge in [-0.05, 0) is 46.9 Å². The molecule has 0 atom stereocenters. The standard InChI is InChI=1S/C22H20/c1-16-8-11-19(12-9-16)17(2)10-13-20-14-15-21-6-4-5-7-22(21)18(20)3/h4-15H,2H2,1,3H3/b13-10-. The first-order chi connectivity index (χ1) is 10.6. The van der Waals surface area contributed by atoms with Gasteiger partial charge in [0.05, 0.1) is 0 Å². The lowest BCUT2D eigenvalue weighted by Gasteiger charge is -2.06. The van der Waals surface area contributed by atoms with E-state index in [9.17, 15) is 0 Å². The van der Waals surface area contributed by atoms with Crippen molar-refractivity contribution in [3.63, 3.8) is 0 Å². The molecule has 0 bridgehead atoms. The van der Waals surface area contributed by atoms with E-state index in [0.29, 0.717) is 0 Å². The van der Waals surface area contributed by atoms with Gasteiger partial charge in [-0.15, -0.1) is 0 Å². The van der Waals surface area contributed by atoms with Gasteiger partial charge in [0.25, 0.3) is 0 Å². The molecule has 3 aromatic carbocycles. The molecule has 0 spiro atoms. The number of hydrogen-bond donors (Lipinski definition) is 0. The van der Waals surface area contributed by atoms with Gasteiger partial charge in [0.15, 0.2) is 0 Å². The molecule has 0 aliphatic heterocycles. The Labute approximate surface area is 132 Å². The lowest BCUT2D eigenvalue weighted by molar-refractivity contribution is 1.46. The van der Waals surface area contributed by atoms with E-state index in [2.05, 4.69) is 93.2 Å². The first kappa shape index (κ1) is 14.3. The van der Waals surface area contributed by atoms with Crippen LogP contribution >= 0.6 is 0 Å². The van der Waals surface area contributed by atoms with Crippen LogP contribution < -0.4 is 0 Å². The molecule has 3 aromatic rings. The summed E-state index contributed by atoms with van der Waals surface area (Å²) in [4.78, 5) is 0. The second-order valence-electron chi connectivity index (χ2n) is 5.73. The summed E-state index contributed by atoms with van der Waals surface area (Å²) in [6.07, 6.45) is 4.26. The fourth-order valence-corrected chi connectivity index (χ4v) is 2.68. The summed E-state index contributed by atoms with van der Waals surface area (Å²) < 4.78 is 0. The Morgan fingerprint density at radius 2 is 1.59 bits per heavy atom. The highest BCUT2D eigenvalue weighted by Crippen LogP contribution is 2.24. The first-order valence-corrected chi connectivity index (χ1v) is 7.57. The summed E-state index contributed by atoms with van der Waals surface area (Å²) in [5, 5.41) is 2.60. The minimum Gasteiger partial charge on any atom is -0.0912 e. The van der Waals surface area contributed by atoms with Crippen LogP contribution in [0.2, 0.25) is 0 Å². The number of hydrogen-bond acceptors (Lipinski definition) is 0. The van der Waals surface area contributed by atoms with Crippen molar-refractivity contribution in [2.24, 2.45) is 0 Å². The number of allylic oxidation sites excluding steroid dienone is 2. The van der Waals surface area contributed by atoms with Gasteiger partial charge in [0.1, 0.15) is 0 Å². The summed E-state index contributed by atoms with van der Waals surface area (Å²) in [6, 6.07) is 21.3. The number of benzene rings is 3. The van der Waals surface area contributed by atoms with Gasteiger partial charge in [0, 0.05) is 0 Å². The third-order valence-electron chi connectivity index (χ3n) is 4.13. The molecule has 108 valence electrons. The zero-order valence-corrected chi connectivity index (χ0v) is 13.1. The highest BCUT2D eigenvalue weighted by atomic mass is 14.1. The van der Waals surface area contributed by atoms with E-state index in [1.165, 1.54) is 33.0 Å². The van der Waals surface area contributed by atoms with Crippen molar-refractivity contribution in [2.45, 2.75) is 13.8 Å². The van der Waals surface area contributed by atoms with Crippen LogP contribution in [0, 0.1) is 13.8 Å². The van der Waals surface area contributed by atoms with Crippen LogP contribution in [0.5, 0.6) is 0 Å². The molecule has 0 unspecified atom stereocenters. The van der Waals surface area contributed by atoms with Crippen LogP contribution in [-0.4, -0.2) is 0 Å². The Morgan fingerprint density at radius 1 is 0.864 bits per heavy atom. The van der Waals surface area contributed by atoms with Crippen molar-refractivity contribution in [1.29, 1.82) is 0 Å². The van der Waals surface area contributed by atoms with Crippen molar-refractivity contribution < 1.29 is 0 Å². The van der Waals surface area contributed by atoms with Crippen molar-refractivity contribution in [3.05, 3.63) is 95.6 Å². The van der Waals surface area contributed by atoms with E-state index in [-0.39, 0.29) is 0 Å². The quantitative estimate of drug-likeness (QED) is 0.503. The maximum atomic E-state index is 4.17. The van der Waals surface area contributed by atoms with E-state index < -0.39 is 0 Å². The molecule has 3 rings (SSSR count). The minimum atomic E-state index is 1.03. The highest BCUT2D eigenvalue weighted by Gasteiger charge is 2.01. The van der Waals surface area contributed by atoms with E-state index in [4.69, 9.17) is 0 Å². The predicted molar refractivity (Wildman–Crippen MR) is 97.9 cm³/mol. The Kier molecular flexibility index (Phi) is 3.93. The molecule has 0 saturated heterocycles. The third-order valence-corrected chi connectivity index (χ3v) is 4.13. The largest absolute Gasteiger partial charge is 0.0912 e.